The Morgan fingerprint density at radius 2 is 1.45 bits per heavy atom. The van der Waals surface area contributed by atoms with E-state index < -0.39 is 0 Å². The first-order valence-electron chi connectivity index (χ1n) is 15.1. The fourth-order valence-electron chi connectivity index (χ4n) is 6.29. The minimum absolute atomic E-state index is 0.0706. The van der Waals surface area contributed by atoms with Gasteiger partial charge in [0.15, 0.2) is 0 Å². The molecule has 1 aliphatic carbocycles. The van der Waals surface area contributed by atoms with Crippen LogP contribution in [0.15, 0.2) is 36.4 Å². The van der Waals surface area contributed by atoms with Crippen LogP contribution < -0.4 is 0 Å². The summed E-state index contributed by atoms with van der Waals surface area (Å²) in [6, 6.07) is 14.4. The van der Waals surface area contributed by atoms with Gasteiger partial charge in [0.25, 0.3) is 0 Å². The normalized spacial score (nSPS) is 19.0. The molecule has 1 atom stereocenters. The van der Waals surface area contributed by atoms with Gasteiger partial charge in [0.1, 0.15) is 0 Å². The van der Waals surface area contributed by atoms with Crippen LogP contribution in [0.2, 0.25) is 0 Å². The van der Waals surface area contributed by atoms with E-state index in [0.29, 0.717) is 5.92 Å². The molecule has 0 saturated carbocycles. The van der Waals surface area contributed by atoms with E-state index in [1.165, 1.54) is 27.8 Å². The summed E-state index contributed by atoms with van der Waals surface area (Å²) in [5.41, 5.74) is 8.75. The largest absolute Gasteiger partial charge is 0.376 e. The van der Waals surface area contributed by atoms with Gasteiger partial charge < -0.3 is 9.64 Å². The van der Waals surface area contributed by atoms with Crippen LogP contribution in [0.3, 0.4) is 0 Å². The summed E-state index contributed by atoms with van der Waals surface area (Å²) in [6.07, 6.45) is 5.46. The number of hydrogen-bond acceptors (Lipinski definition) is 2. The van der Waals surface area contributed by atoms with Gasteiger partial charge >= 0.3 is 0 Å². The maximum atomic E-state index is 6.77. The SMILES string of the molecule is [B]C(C)(CC)c1ccc2c(c1)C1(CCN(CCC(C)(C)OCCC(C)C)CC1)c1cc(C(C)(C)C)ccc1-2. The summed E-state index contributed by atoms with van der Waals surface area (Å²) < 4.78 is 6.28. The molecule has 1 aliphatic heterocycles. The van der Waals surface area contributed by atoms with Crippen molar-refractivity contribution in [3.8, 4) is 11.1 Å². The molecule has 3 heteroatoms. The average molecular weight is 514 g/mol. The first-order chi connectivity index (χ1) is 17.7. The number of nitrogens with zero attached hydrogens (tertiary/aromatic N) is 1. The average Bonchev–Trinajstić information content (AvgIpc) is 3.11. The Hall–Kier alpha value is -1.58. The third kappa shape index (κ3) is 5.95. The maximum Gasteiger partial charge on any atom is 0.0806 e. The number of rotatable bonds is 9. The molecule has 2 radical (unpaired) electrons. The number of benzene rings is 2. The van der Waals surface area contributed by atoms with Crippen molar-refractivity contribution in [2.24, 2.45) is 5.92 Å². The van der Waals surface area contributed by atoms with Crippen molar-refractivity contribution in [3.05, 3.63) is 58.7 Å². The van der Waals surface area contributed by atoms with Crippen molar-refractivity contribution < 1.29 is 4.74 Å². The van der Waals surface area contributed by atoms with Gasteiger partial charge in [-0.1, -0.05) is 96.8 Å². The molecule has 2 aromatic rings. The quantitative estimate of drug-likeness (QED) is 0.312. The highest BCUT2D eigenvalue weighted by Crippen LogP contribution is 2.55. The number of ether oxygens (including phenoxy) is 1. The summed E-state index contributed by atoms with van der Waals surface area (Å²) in [5, 5.41) is -0.302. The summed E-state index contributed by atoms with van der Waals surface area (Å²) in [5.74, 6) is 0.690. The summed E-state index contributed by atoms with van der Waals surface area (Å²) in [6.45, 7) is 24.6. The van der Waals surface area contributed by atoms with Gasteiger partial charge in [-0.05, 0) is 97.1 Å². The van der Waals surface area contributed by atoms with Crippen LogP contribution in [0.5, 0.6) is 0 Å². The molecule has 2 aliphatic rings. The lowest BCUT2D eigenvalue weighted by molar-refractivity contribution is -0.0345. The van der Waals surface area contributed by atoms with Gasteiger partial charge in [0.2, 0.25) is 0 Å². The molecule has 2 aromatic carbocycles. The molecule has 4 rings (SSSR count). The van der Waals surface area contributed by atoms with Crippen molar-refractivity contribution >= 4 is 7.85 Å². The highest BCUT2D eigenvalue weighted by molar-refractivity contribution is 6.15. The second-order valence-electron chi connectivity index (χ2n) is 14.5. The Morgan fingerprint density at radius 1 is 0.895 bits per heavy atom. The van der Waals surface area contributed by atoms with Crippen LogP contribution in [-0.2, 0) is 20.9 Å². The zero-order valence-electron chi connectivity index (χ0n) is 25.8. The smallest absolute Gasteiger partial charge is 0.0806 e. The third-order valence-corrected chi connectivity index (χ3v) is 9.55. The Labute approximate surface area is 235 Å². The second-order valence-corrected chi connectivity index (χ2v) is 14.5. The number of likely N-dealkylation sites (tertiary alicyclic amines) is 1. The van der Waals surface area contributed by atoms with Gasteiger partial charge in [-0.25, -0.2) is 0 Å². The van der Waals surface area contributed by atoms with E-state index in [0.717, 1.165) is 58.3 Å². The summed E-state index contributed by atoms with van der Waals surface area (Å²) in [4.78, 5) is 2.67. The van der Waals surface area contributed by atoms with E-state index in [-0.39, 0.29) is 21.7 Å². The van der Waals surface area contributed by atoms with Crippen molar-refractivity contribution in [1.29, 1.82) is 0 Å². The minimum Gasteiger partial charge on any atom is -0.376 e. The predicted molar refractivity (Wildman–Crippen MR) is 165 cm³/mol. The van der Waals surface area contributed by atoms with E-state index in [1.807, 2.05) is 0 Å². The van der Waals surface area contributed by atoms with E-state index in [9.17, 15) is 0 Å². The van der Waals surface area contributed by atoms with Crippen LogP contribution in [0, 0.1) is 5.92 Å². The second kappa shape index (κ2) is 10.8. The molecule has 38 heavy (non-hydrogen) atoms. The topological polar surface area (TPSA) is 12.5 Å². The molecule has 1 unspecified atom stereocenters. The molecule has 2 nitrogen and oxygen atoms in total. The molecule has 206 valence electrons. The van der Waals surface area contributed by atoms with Gasteiger partial charge in [-0.2, -0.15) is 0 Å². The molecular weight excluding hydrogens is 461 g/mol. The van der Waals surface area contributed by atoms with Crippen molar-refractivity contribution in [3.63, 3.8) is 0 Å². The molecule has 1 heterocycles. The molecule has 0 aromatic heterocycles. The zero-order valence-corrected chi connectivity index (χ0v) is 25.8. The Kier molecular flexibility index (Phi) is 8.34. The molecule has 1 fully saturated rings. The van der Waals surface area contributed by atoms with Crippen LogP contribution in [0.4, 0.5) is 0 Å². The molecule has 0 bridgehead atoms. The predicted octanol–water partition coefficient (Wildman–Crippen LogP) is 8.37. The van der Waals surface area contributed by atoms with Gasteiger partial charge in [-0.3, -0.25) is 0 Å². The Balaban J connectivity index is 1.60. The lowest BCUT2D eigenvalue weighted by Crippen LogP contribution is -2.44. The standard InChI is InChI=1S/C35H52BNO/c1-10-34(9,36)27-12-14-29-28-13-11-26(32(4,5)6)23-30(28)35(31(29)24-27)17-20-37(21-18-35)19-16-33(7,8)38-22-15-25(2)3/h11-14,23-25H,10,15-22H2,1-9H3. The third-order valence-electron chi connectivity index (χ3n) is 9.55. The molecule has 1 spiro atoms. The molecular formula is C35H52BNO. The van der Waals surface area contributed by atoms with Crippen LogP contribution in [-0.4, -0.2) is 44.6 Å². The maximum absolute atomic E-state index is 6.77. The first-order valence-corrected chi connectivity index (χ1v) is 15.1. The van der Waals surface area contributed by atoms with E-state index in [2.05, 4.69) is 104 Å². The van der Waals surface area contributed by atoms with Crippen LogP contribution in [0.1, 0.15) is 117 Å². The van der Waals surface area contributed by atoms with Gasteiger partial charge in [0.05, 0.1) is 13.4 Å². The Morgan fingerprint density at radius 3 is 1.97 bits per heavy atom. The lowest BCUT2D eigenvalue weighted by atomic mass is 9.62. The summed E-state index contributed by atoms with van der Waals surface area (Å²) >= 11 is 0. The zero-order chi connectivity index (χ0) is 27.9. The fraction of sp³-hybridized carbons (Fsp3) is 0.657. The molecule has 0 N–H and O–H groups in total. The Bertz CT molecular complexity index is 1120. The van der Waals surface area contributed by atoms with Gasteiger partial charge in [-0.15, -0.1) is 0 Å². The van der Waals surface area contributed by atoms with Crippen molar-refractivity contribution in [1.82, 2.24) is 4.90 Å². The van der Waals surface area contributed by atoms with Crippen molar-refractivity contribution in [2.75, 3.05) is 26.2 Å². The first kappa shape index (κ1) is 29.4. The van der Waals surface area contributed by atoms with Crippen LogP contribution in [0.25, 0.3) is 11.1 Å². The van der Waals surface area contributed by atoms with E-state index in [1.54, 1.807) is 5.56 Å². The van der Waals surface area contributed by atoms with Gasteiger partial charge in [0, 0.05) is 18.6 Å². The number of piperidine rings is 1. The monoisotopic (exact) mass is 513 g/mol. The highest BCUT2D eigenvalue weighted by atomic mass is 16.5. The minimum atomic E-state index is -0.302. The highest BCUT2D eigenvalue weighted by Gasteiger charge is 2.46. The molecule has 1 saturated heterocycles. The summed E-state index contributed by atoms with van der Waals surface area (Å²) in [7, 11) is 6.77. The number of hydrogen-bond donors (Lipinski definition) is 0. The fourth-order valence-corrected chi connectivity index (χ4v) is 6.29. The number of fused-ring (bicyclic) bond motifs is 5. The van der Waals surface area contributed by atoms with E-state index in [4.69, 9.17) is 12.6 Å². The van der Waals surface area contributed by atoms with E-state index >= 15 is 0 Å². The lowest BCUT2D eigenvalue weighted by Gasteiger charge is -2.42. The van der Waals surface area contributed by atoms with Crippen LogP contribution >= 0.6 is 0 Å². The molecule has 0 amide bonds. The van der Waals surface area contributed by atoms with Crippen molar-refractivity contribution in [2.45, 2.75) is 116 Å².